The first kappa shape index (κ1) is 25.8. The number of carbonyl (C=O) groups is 3. The van der Waals surface area contributed by atoms with E-state index in [0.29, 0.717) is 33.3 Å². The summed E-state index contributed by atoms with van der Waals surface area (Å²) in [5.74, 6) is -0.517. The zero-order chi connectivity index (χ0) is 26.7. The van der Waals surface area contributed by atoms with Crippen molar-refractivity contribution in [1.29, 1.82) is 0 Å². The summed E-state index contributed by atoms with van der Waals surface area (Å²) in [7, 11) is 4.41. The first-order valence-electron chi connectivity index (χ1n) is 11.3. The van der Waals surface area contributed by atoms with Gasteiger partial charge in [-0.2, -0.15) is 0 Å². The highest BCUT2D eigenvalue weighted by atomic mass is 32.1. The Morgan fingerprint density at radius 2 is 1.76 bits per heavy atom. The quantitative estimate of drug-likeness (QED) is 0.379. The molecule has 0 bridgehead atoms. The van der Waals surface area contributed by atoms with Crippen LogP contribution in [0.3, 0.4) is 0 Å². The Balaban J connectivity index is 1.72. The standard InChI is InChI=1S/C26H26N2O8S/c1-6-35-25(30)18-13(2)21(22(29)27-15-9-7-8-10-16(15)32-3)37-24(18)28-23-14-11-12-17(33-4)20(34-5)19(14)26(31)36-23/h7-12,23,28H,6H2,1-5H3,(H,27,29). The van der Waals surface area contributed by atoms with E-state index in [1.54, 1.807) is 50.2 Å². The van der Waals surface area contributed by atoms with Gasteiger partial charge in [-0.05, 0) is 43.7 Å². The van der Waals surface area contributed by atoms with Gasteiger partial charge >= 0.3 is 11.9 Å². The van der Waals surface area contributed by atoms with Crippen LogP contribution in [0.25, 0.3) is 0 Å². The summed E-state index contributed by atoms with van der Waals surface area (Å²) in [6.07, 6.45) is -0.932. The molecule has 1 aliphatic rings. The van der Waals surface area contributed by atoms with Gasteiger partial charge in [0.15, 0.2) is 11.5 Å². The van der Waals surface area contributed by atoms with E-state index in [1.165, 1.54) is 21.3 Å². The molecule has 3 aromatic rings. The number of benzene rings is 2. The van der Waals surface area contributed by atoms with E-state index in [0.717, 1.165) is 11.3 Å². The number of carbonyl (C=O) groups excluding carboxylic acids is 3. The van der Waals surface area contributed by atoms with Gasteiger partial charge in [0, 0.05) is 5.56 Å². The maximum atomic E-state index is 13.2. The molecule has 0 fully saturated rings. The van der Waals surface area contributed by atoms with Crippen molar-refractivity contribution in [2.75, 3.05) is 38.6 Å². The van der Waals surface area contributed by atoms with Crippen molar-refractivity contribution in [3.05, 3.63) is 63.5 Å². The number of esters is 2. The lowest BCUT2D eigenvalue weighted by Crippen LogP contribution is -2.14. The van der Waals surface area contributed by atoms with E-state index in [1.807, 2.05) is 0 Å². The summed E-state index contributed by atoms with van der Waals surface area (Å²) in [5.41, 5.74) is 1.81. The molecular weight excluding hydrogens is 500 g/mol. The average molecular weight is 527 g/mol. The van der Waals surface area contributed by atoms with Gasteiger partial charge in [-0.3, -0.25) is 4.79 Å². The number of ether oxygens (including phenoxy) is 5. The minimum absolute atomic E-state index is 0.147. The number of anilines is 2. The van der Waals surface area contributed by atoms with Crippen LogP contribution in [0.1, 0.15) is 54.7 Å². The molecule has 1 aliphatic heterocycles. The van der Waals surface area contributed by atoms with Gasteiger partial charge in [0.05, 0.1) is 44.1 Å². The highest BCUT2D eigenvalue weighted by molar-refractivity contribution is 7.18. The normalized spacial score (nSPS) is 13.9. The summed E-state index contributed by atoms with van der Waals surface area (Å²) < 4.78 is 26.8. The molecule has 0 aliphatic carbocycles. The van der Waals surface area contributed by atoms with E-state index in [9.17, 15) is 14.4 Å². The third-order valence-electron chi connectivity index (χ3n) is 5.74. The molecule has 1 amide bonds. The lowest BCUT2D eigenvalue weighted by Gasteiger charge is -2.15. The second-order valence-corrected chi connectivity index (χ2v) is 8.85. The summed E-state index contributed by atoms with van der Waals surface area (Å²) in [4.78, 5) is 39.1. The first-order chi connectivity index (χ1) is 17.8. The molecule has 2 N–H and O–H groups in total. The van der Waals surface area contributed by atoms with Gasteiger partial charge in [-0.15, -0.1) is 11.3 Å². The number of cyclic esters (lactones) is 1. The Kier molecular flexibility index (Phi) is 7.53. The lowest BCUT2D eigenvalue weighted by atomic mass is 10.1. The Bertz CT molecular complexity index is 1370. The topological polar surface area (TPSA) is 121 Å². The fraction of sp³-hybridized carbons (Fsp3) is 0.269. The van der Waals surface area contributed by atoms with Crippen LogP contribution in [0.2, 0.25) is 0 Å². The van der Waals surface area contributed by atoms with Crippen LogP contribution in [0.15, 0.2) is 36.4 Å². The van der Waals surface area contributed by atoms with E-state index in [2.05, 4.69) is 10.6 Å². The molecular formula is C26H26N2O8S. The Hall–Kier alpha value is -4.25. The first-order valence-corrected chi connectivity index (χ1v) is 12.1. The smallest absolute Gasteiger partial charge is 0.344 e. The predicted octanol–water partition coefficient (Wildman–Crippen LogP) is 4.79. The number of hydrogen-bond donors (Lipinski definition) is 2. The van der Waals surface area contributed by atoms with Gasteiger partial charge < -0.3 is 34.3 Å². The molecule has 1 unspecified atom stereocenters. The molecule has 2 aromatic carbocycles. The molecule has 0 radical (unpaired) electrons. The molecule has 37 heavy (non-hydrogen) atoms. The van der Waals surface area contributed by atoms with Crippen molar-refractivity contribution in [1.82, 2.24) is 0 Å². The summed E-state index contributed by atoms with van der Waals surface area (Å²) in [5, 5.41) is 6.25. The van der Waals surface area contributed by atoms with E-state index < -0.39 is 24.1 Å². The molecule has 1 aromatic heterocycles. The van der Waals surface area contributed by atoms with Crippen molar-refractivity contribution in [3.8, 4) is 17.2 Å². The van der Waals surface area contributed by atoms with Crippen molar-refractivity contribution >= 4 is 39.9 Å². The zero-order valence-corrected chi connectivity index (χ0v) is 21.7. The van der Waals surface area contributed by atoms with Crippen molar-refractivity contribution < 1.29 is 38.1 Å². The van der Waals surface area contributed by atoms with Crippen LogP contribution in [-0.2, 0) is 9.47 Å². The van der Waals surface area contributed by atoms with Crippen LogP contribution in [0, 0.1) is 6.92 Å². The van der Waals surface area contributed by atoms with Crippen molar-refractivity contribution in [3.63, 3.8) is 0 Å². The number of fused-ring (bicyclic) bond motifs is 1. The van der Waals surface area contributed by atoms with E-state index in [4.69, 9.17) is 23.7 Å². The maximum absolute atomic E-state index is 13.2. The molecule has 11 heteroatoms. The molecule has 0 spiro atoms. The number of thiophene rings is 1. The van der Waals surface area contributed by atoms with Crippen molar-refractivity contribution in [2.24, 2.45) is 0 Å². The van der Waals surface area contributed by atoms with Gasteiger partial charge in [0.2, 0.25) is 6.23 Å². The molecule has 10 nitrogen and oxygen atoms in total. The van der Waals surface area contributed by atoms with Gasteiger partial charge in [0.1, 0.15) is 16.3 Å². The van der Waals surface area contributed by atoms with Gasteiger partial charge in [0.25, 0.3) is 5.91 Å². The lowest BCUT2D eigenvalue weighted by molar-refractivity contribution is 0.0435. The zero-order valence-electron chi connectivity index (χ0n) is 20.9. The monoisotopic (exact) mass is 526 g/mol. The van der Waals surface area contributed by atoms with Crippen LogP contribution in [0.4, 0.5) is 10.7 Å². The predicted molar refractivity (Wildman–Crippen MR) is 137 cm³/mol. The molecule has 0 saturated heterocycles. The molecule has 1 atom stereocenters. The second-order valence-electron chi connectivity index (χ2n) is 7.83. The van der Waals surface area contributed by atoms with Crippen LogP contribution < -0.4 is 24.8 Å². The highest BCUT2D eigenvalue weighted by Gasteiger charge is 2.37. The summed E-state index contributed by atoms with van der Waals surface area (Å²) in [6.45, 7) is 3.50. The van der Waals surface area contributed by atoms with Crippen LogP contribution in [-0.4, -0.2) is 45.8 Å². The minimum Gasteiger partial charge on any atom is -0.495 e. The third-order valence-corrected chi connectivity index (χ3v) is 6.96. The number of rotatable bonds is 9. The molecule has 4 rings (SSSR count). The molecule has 0 saturated carbocycles. The van der Waals surface area contributed by atoms with Crippen LogP contribution >= 0.6 is 11.3 Å². The number of methoxy groups -OCH3 is 3. The molecule has 194 valence electrons. The SMILES string of the molecule is CCOC(=O)c1c(NC2OC(=O)c3c2ccc(OC)c3OC)sc(C(=O)Nc2ccccc2OC)c1C. The Labute approximate surface area is 217 Å². The minimum atomic E-state index is -0.932. The number of nitrogens with one attached hydrogen (secondary N) is 2. The maximum Gasteiger partial charge on any atom is 0.344 e. The number of para-hydroxylation sites is 2. The highest BCUT2D eigenvalue weighted by Crippen LogP contribution is 2.44. The fourth-order valence-corrected chi connectivity index (χ4v) is 5.14. The summed E-state index contributed by atoms with van der Waals surface area (Å²) >= 11 is 1.05. The molecule has 2 heterocycles. The third kappa shape index (κ3) is 4.77. The Morgan fingerprint density at radius 1 is 1.03 bits per heavy atom. The average Bonchev–Trinajstić information content (AvgIpc) is 3.39. The number of amides is 1. The van der Waals surface area contributed by atoms with Gasteiger partial charge in [-0.25, -0.2) is 9.59 Å². The number of hydrogen-bond acceptors (Lipinski definition) is 10. The van der Waals surface area contributed by atoms with Gasteiger partial charge in [-0.1, -0.05) is 12.1 Å². The van der Waals surface area contributed by atoms with E-state index >= 15 is 0 Å². The fourth-order valence-electron chi connectivity index (χ4n) is 4.03. The van der Waals surface area contributed by atoms with Crippen LogP contribution in [0.5, 0.6) is 17.2 Å². The van der Waals surface area contributed by atoms with E-state index in [-0.39, 0.29) is 28.4 Å². The Morgan fingerprint density at radius 3 is 2.43 bits per heavy atom. The summed E-state index contributed by atoms with van der Waals surface area (Å²) in [6, 6.07) is 10.3. The largest absolute Gasteiger partial charge is 0.495 e. The van der Waals surface area contributed by atoms with Crippen molar-refractivity contribution in [2.45, 2.75) is 20.1 Å². The second kappa shape index (κ2) is 10.8.